The Morgan fingerprint density at radius 2 is 1.68 bits per heavy atom. The van der Waals surface area contributed by atoms with Crippen LogP contribution in [0, 0.1) is 0 Å². The number of nitrogens with one attached hydrogen (secondary N) is 1. The van der Waals surface area contributed by atoms with Gasteiger partial charge in [-0.15, -0.1) is 0 Å². The van der Waals surface area contributed by atoms with Crippen LogP contribution in [0.3, 0.4) is 0 Å². The number of rotatable bonds is 3. The van der Waals surface area contributed by atoms with E-state index in [0.29, 0.717) is 26.1 Å². The maximum atomic E-state index is 12.0. The lowest BCUT2D eigenvalue weighted by Gasteiger charge is -2.36. The van der Waals surface area contributed by atoms with E-state index in [1.165, 1.54) is 4.72 Å². The van der Waals surface area contributed by atoms with E-state index in [4.69, 9.17) is 9.47 Å². The number of alkyl halides is 3. The van der Waals surface area contributed by atoms with Crippen LogP contribution in [0.25, 0.3) is 0 Å². The van der Waals surface area contributed by atoms with Crippen LogP contribution in [0.15, 0.2) is 0 Å². The standard InChI is InChI=1S/C9H15F3N2O4S/c10-9(11,12)7-13-19(15,16)14-3-1-8(2-4-14)17-5-6-18-8/h13H,1-7H2. The van der Waals surface area contributed by atoms with Crippen molar-refractivity contribution in [1.29, 1.82) is 0 Å². The Labute approximate surface area is 109 Å². The molecule has 2 aliphatic rings. The summed E-state index contributed by atoms with van der Waals surface area (Å²) in [5.41, 5.74) is 0. The molecule has 112 valence electrons. The molecule has 2 saturated heterocycles. The molecule has 1 spiro atoms. The third-order valence-corrected chi connectivity index (χ3v) is 4.65. The molecular weight excluding hydrogens is 289 g/mol. The SMILES string of the molecule is O=S(=O)(NCC(F)(F)F)N1CCC2(CC1)OCCO2. The van der Waals surface area contributed by atoms with Gasteiger partial charge in [-0.3, -0.25) is 0 Å². The minimum Gasteiger partial charge on any atom is -0.347 e. The minimum absolute atomic E-state index is 0.0766. The molecular formula is C9H15F3N2O4S. The molecule has 0 amide bonds. The quantitative estimate of drug-likeness (QED) is 0.810. The predicted octanol–water partition coefficient (Wildman–Crippen LogP) is 0.222. The maximum absolute atomic E-state index is 12.0. The molecule has 0 aromatic carbocycles. The summed E-state index contributed by atoms with van der Waals surface area (Å²) in [5.74, 6) is -0.754. The number of piperidine rings is 1. The second-order valence-corrected chi connectivity index (χ2v) is 6.20. The van der Waals surface area contributed by atoms with Crippen LogP contribution >= 0.6 is 0 Å². The lowest BCUT2D eigenvalue weighted by atomic mass is 10.1. The zero-order valence-corrected chi connectivity index (χ0v) is 10.9. The molecule has 0 radical (unpaired) electrons. The van der Waals surface area contributed by atoms with Gasteiger partial charge in [0.2, 0.25) is 0 Å². The van der Waals surface area contributed by atoms with Gasteiger partial charge in [-0.2, -0.15) is 30.6 Å². The minimum atomic E-state index is -4.57. The van der Waals surface area contributed by atoms with E-state index in [1.54, 1.807) is 0 Å². The fraction of sp³-hybridized carbons (Fsp3) is 1.00. The van der Waals surface area contributed by atoms with Crippen LogP contribution in [0.2, 0.25) is 0 Å². The summed E-state index contributed by atoms with van der Waals surface area (Å²) in [4.78, 5) is 0. The van der Waals surface area contributed by atoms with Gasteiger partial charge in [0.15, 0.2) is 5.79 Å². The highest BCUT2D eigenvalue weighted by atomic mass is 32.2. The van der Waals surface area contributed by atoms with E-state index in [1.807, 2.05) is 0 Å². The fourth-order valence-electron chi connectivity index (χ4n) is 2.12. The zero-order chi connectivity index (χ0) is 14.1. The average molecular weight is 304 g/mol. The fourth-order valence-corrected chi connectivity index (χ4v) is 3.31. The van der Waals surface area contributed by atoms with E-state index in [-0.39, 0.29) is 13.1 Å². The van der Waals surface area contributed by atoms with E-state index in [2.05, 4.69) is 0 Å². The molecule has 1 N–H and O–H groups in total. The molecule has 0 unspecified atom stereocenters. The predicted molar refractivity (Wildman–Crippen MR) is 58.4 cm³/mol. The Bertz CT molecular complexity index is 410. The van der Waals surface area contributed by atoms with Crippen molar-refractivity contribution in [2.45, 2.75) is 24.8 Å². The van der Waals surface area contributed by atoms with E-state index in [9.17, 15) is 21.6 Å². The van der Waals surface area contributed by atoms with Crippen molar-refractivity contribution in [1.82, 2.24) is 9.03 Å². The Kier molecular flexibility index (Phi) is 4.07. The lowest BCUT2D eigenvalue weighted by Crippen LogP contribution is -2.51. The molecule has 2 rings (SSSR count). The van der Waals surface area contributed by atoms with Gasteiger partial charge in [0.05, 0.1) is 13.2 Å². The Balaban J connectivity index is 1.89. The van der Waals surface area contributed by atoms with E-state index in [0.717, 1.165) is 4.31 Å². The summed E-state index contributed by atoms with van der Waals surface area (Å²) < 4.78 is 72.7. The molecule has 10 heteroatoms. The third kappa shape index (κ3) is 3.78. The Morgan fingerprint density at radius 3 is 2.16 bits per heavy atom. The summed E-state index contributed by atoms with van der Waals surface area (Å²) in [5, 5.41) is 0. The van der Waals surface area contributed by atoms with Crippen LogP contribution in [0.1, 0.15) is 12.8 Å². The molecule has 19 heavy (non-hydrogen) atoms. The number of hydrogen-bond acceptors (Lipinski definition) is 4. The molecule has 2 heterocycles. The second kappa shape index (κ2) is 5.17. The van der Waals surface area contributed by atoms with Gasteiger partial charge in [0.25, 0.3) is 10.2 Å². The maximum Gasteiger partial charge on any atom is 0.402 e. The van der Waals surface area contributed by atoms with Crippen LogP contribution in [0.4, 0.5) is 13.2 Å². The lowest BCUT2D eigenvalue weighted by molar-refractivity contribution is -0.179. The number of halogens is 3. The molecule has 0 aromatic heterocycles. The first kappa shape index (κ1) is 15.0. The van der Waals surface area contributed by atoms with Gasteiger partial charge < -0.3 is 9.47 Å². The smallest absolute Gasteiger partial charge is 0.347 e. The van der Waals surface area contributed by atoms with Gasteiger partial charge in [-0.05, 0) is 0 Å². The van der Waals surface area contributed by atoms with Gasteiger partial charge in [0.1, 0.15) is 6.54 Å². The van der Waals surface area contributed by atoms with Crippen molar-refractivity contribution in [3.8, 4) is 0 Å². The van der Waals surface area contributed by atoms with Crippen molar-refractivity contribution >= 4 is 10.2 Å². The number of hydrogen-bond donors (Lipinski definition) is 1. The highest BCUT2D eigenvalue weighted by Gasteiger charge is 2.43. The van der Waals surface area contributed by atoms with Gasteiger partial charge >= 0.3 is 6.18 Å². The van der Waals surface area contributed by atoms with Gasteiger partial charge in [-0.25, -0.2) is 0 Å². The van der Waals surface area contributed by atoms with Crippen molar-refractivity contribution in [2.75, 3.05) is 32.8 Å². The largest absolute Gasteiger partial charge is 0.402 e. The first-order chi connectivity index (χ1) is 8.73. The molecule has 2 aliphatic heterocycles. The third-order valence-electron chi connectivity index (χ3n) is 3.09. The first-order valence-electron chi connectivity index (χ1n) is 5.82. The molecule has 0 atom stereocenters. The summed E-state index contributed by atoms with van der Waals surface area (Å²) in [6.07, 6.45) is -3.93. The highest BCUT2D eigenvalue weighted by Crippen LogP contribution is 2.31. The molecule has 2 fully saturated rings. The molecule has 0 aromatic rings. The van der Waals surface area contributed by atoms with Crippen molar-refractivity contribution in [2.24, 2.45) is 0 Å². The Hall–Kier alpha value is -0.420. The Morgan fingerprint density at radius 1 is 1.16 bits per heavy atom. The summed E-state index contributed by atoms with van der Waals surface area (Å²) in [7, 11) is -4.11. The van der Waals surface area contributed by atoms with Crippen LogP contribution in [-0.4, -0.2) is 57.5 Å². The van der Waals surface area contributed by atoms with Gasteiger partial charge in [-0.1, -0.05) is 0 Å². The van der Waals surface area contributed by atoms with E-state index < -0.39 is 28.7 Å². The molecule has 0 saturated carbocycles. The summed E-state index contributed by atoms with van der Waals surface area (Å²) in [6.45, 7) is -0.498. The summed E-state index contributed by atoms with van der Waals surface area (Å²) >= 11 is 0. The van der Waals surface area contributed by atoms with E-state index >= 15 is 0 Å². The van der Waals surface area contributed by atoms with Crippen molar-refractivity contribution < 1.29 is 31.1 Å². The normalized spacial score (nSPS) is 25.0. The van der Waals surface area contributed by atoms with Crippen LogP contribution in [0.5, 0.6) is 0 Å². The second-order valence-electron chi connectivity index (χ2n) is 4.45. The zero-order valence-electron chi connectivity index (χ0n) is 10.1. The average Bonchev–Trinajstić information content (AvgIpc) is 2.75. The first-order valence-corrected chi connectivity index (χ1v) is 7.26. The molecule has 0 bridgehead atoms. The van der Waals surface area contributed by atoms with Crippen molar-refractivity contribution in [3.63, 3.8) is 0 Å². The molecule has 0 aliphatic carbocycles. The number of ether oxygens (including phenoxy) is 2. The van der Waals surface area contributed by atoms with Crippen molar-refractivity contribution in [3.05, 3.63) is 0 Å². The van der Waals surface area contributed by atoms with Crippen LogP contribution in [-0.2, 0) is 19.7 Å². The number of nitrogens with zero attached hydrogens (tertiary/aromatic N) is 1. The van der Waals surface area contributed by atoms with Gasteiger partial charge in [0, 0.05) is 25.9 Å². The van der Waals surface area contributed by atoms with Crippen LogP contribution < -0.4 is 4.72 Å². The summed E-state index contributed by atoms with van der Waals surface area (Å²) in [6, 6.07) is 0. The topological polar surface area (TPSA) is 67.9 Å². The molecule has 6 nitrogen and oxygen atoms in total. The highest BCUT2D eigenvalue weighted by molar-refractivity contribution is 7.87. The monoisotopic (exact) mass is 304 g/mol.